The molecule has 1 aromatic rings. The molecule has 2 rings (SSSR count). The van der Waals surface area contributed by atoms with Gasteiger partial charge in [-0.25, -0.2) is 12.8 Å². The molecule has 1 atom stereocenters. The lowest BCUT2D eigenvalue weighted by molar-refractivity contribution is -0.121. The molecule has 1 fully saturated rings. The number of nitrogens with zero attached hydrogens (tertiary/aromatic N) is 1. The molecule has 1 saturated heterocycles. The fraction of sp³-hybridized carbons (Fsp3) is 0.364. The van der Waals surface area contributed by atoms with Gasteiger partial charge in [-0.15, -0.1) is 0 Å². The van der Waals surface area contributed by atoms with Crippen molar-refractivity contribution in [3.8, 4) is 0 Å². The van der Waals surface area contributed by atoms with Gasteiger partial charge in [0.2, 0.25) is 15.9 Å². The van der Waals surface area contributed by atoms with Crippen LogP contribution in [0.5, 0.6) is 0 Å². The summed E-state index contributed by atoms with van der Waals surface area (Å²) in [6.07, 6.45) is 0.927. The van der Waals surface area contributed by atoms with Gasteiger partial charge >= 0.3 is 0 Å². The van der Waals surface area contributed by atoms with Crippen molar-refractivity contribution in [2.45, 2.75) is 23.8 Å². The Kier molecular flexibility index (Phi) is 3.46. The molecule has 6 nitrogen and oxygen atoms in total. The Hall–Kier alpha value is -1.67. The molecule has 0 aliphatic carbocycles. The van der Waals surface area contributed by atoms with Crippen LogP contribution in [-0.2, 0) is 14.8 Å². The summed E-state index contributed by atoms with van der Waals surface area (Å²) in [6, 6.07) is 2.37. The number of halogens is 1. The number of sulfonamides is 1. The number of carbonyl (C=O) groups is 1. The zero-order valence-electron chi connectivity index (χ0n) is 10.0. The highest BCUT2D eigenvalue weighted by Gasteiger charge is 2.38. The normalized spacial score (nSPS) is 20.6. The molecule has 4 N–H and O–H groups in total. The maximum atomic E-state index is 13.4. The number of anilines is 1. The summed E-state index contributed by atoms with van der Waals surface area (Å²) in [7, 11) is -3.94. The van der Waals surface area contributed by atoms with E-state index in [1.807, 2.05) is 0 Å². The van der Waals surface area contributed by atoms with Gasteiger partial charge in [0, 0.05) is 6.54 Å². The van der Waals surface area contributed by atoms with Crippen molar-refractivity contribution in [2.24, 2.45) is 5.73 Å². The highest BCUT2D eigenvalue weighted by molar-refractivity contribution is 7.89. The Morgan fingerprint density at radius 3 is 2.68 bits per heavy atom. The average Bonchev–Trinajstić information content (AvgIpc) is 2.82. The molecular formula is C11H14FN3O3S. The van der Waals surface area contributed by atoms with Crippen molar-refractivity contribution in [3.05, 3.63) is 24.0 Å². The van der Waals surface area contributed by atoms with Gasteiger partial charge in [0.1, 0.15) is 11.9 Å². The fourth-order valence-electron chi connectivity index (χ4n) is 2.12. The molecule has 1 aliphatic heterocycles. The number of rotatable bonds is 3. The van der Waals surface area contributed by atoms with Crippen LogP contribution in [0.3, 0.4) is 0 Å². The number of hydrogen-bond acceptors (Lipinski definition) is 4. The monoisotopic (exact) mass is 287 g/mol. The minimum Gasteiger partial charge on any atom is -0.396 e. The van der Waals surface area contributed by atoms with Crippen LogP contribution in [0.1, 0.15) is 12.8 Å². The van der Waals surface area contributed by atoms with E-state index in [1.54, 1.807) is 0 Å². The summed E-state index contributed by atoms with van der Waals surface area (Å²) in [5, 5.41) is 0. The third kappa shape index (κ3) is 2.41. The average molecular weight is 287 g/mol. The molecule has 1 heterocycles. The lowest BCUT2D eigenvalue weighted by Gasteiger charge is -2.21. The predicted octanol–water partition coefficient (Wildman–Crippen LogP) is 0.0463. The van der Waals surface area contributed by atoms with E-state index < -0.39 is 27.8 Å². The van der Waals surface area contributed by atoms with Crippen molar-refractivity contribution in [1.29, 1.82) is 0 Å². The van der Waals surface area contributed by atoms with Gasteiger partial charge in [0.25, 0.3) is 0 Å². The number of nitrogen functional groups attached to an aromatic ring is 1. The number of nitrogens with two attached hydrogens (primary N) is 2. The summed E-state index contributed by atoms with van der Waals surface area (Å²) in [5.74, 6) is -1.51. The van der Waals surface area contributed by atoms with E-state index in [0.29, 0.717) is 12.8 Å². The topological polar surface area (TPSA) is 106 Å². The minimum atomic E-state index is -3.94. The highest BCUT2D eigenvalue weighted by atomic mass is 32.2. The second-order valence-electron chi connectivity index (χ2n) is 4.36. The molecule has 0 bridgehead atoms. The van der Waals surface area contributed by atoms with E-state index >= 15 is 0 Å². The van der Waals surface area contributed by atoms with Gasteiger partial charge in [-0.05, 0) is 31.0 Å². The quantitative estimate of drug-likeness (QED) is 0.766. The van der Waals surface area contributed by atoms with Gasteiger partial charge in [0.15, 0.2) is 0 Å². The van der Waals surface area contributed by atoms with Crippen LogP contribution in [0, 0.1) is 5.82 Å². The van der Waals surface area contributed by atoms with Crippen LogP contribution >= 0.6 is 0 Å². The van der Waals surface area contributed by atoms with Gasteiger partial charge in [-0.3, -0.25) is 4.79 Å². The molecule has 1 aliphatic rings. The first-order valence-corrected chi connectivity index (χ1v) is 7.14. The maximum Gasteiger partial charge on any atom is 0.243 e. The highest BCUT2D eigenvalue weighted by Crippen LogP contribution is 2.27. The second-order valence-corrected chi connectivity index (χ2v) is 6.25. The predicted molar refractivity (Wildman–Crippen MR) is 66.9 cm³/mol. The van der Waals surface area contributed by atoms with Crippen LogP contribution in [-0.4, -0.2) is 31.2 Å². The van der Waals surface area contributed by atoms with Crippen molar-refractivity contribution in [2.75, 3.05) is 12.3 Å². The Balaban J connectivity index is 2.42. The molecule has 1 unspecified atom stereocenters. The first kappa shape index (κ1) is 13.8. The van der Waals surface area contributed by atoms with Crippen molar-refractivity contribution in [1.82, 2.24) is 4.31 Å². The number of primary amides is 1. The zero-order valence-corrected chi connectivity index (χ0v) is 10.9. The van der Waals surface area contributed by atoms with E-state index in [0.717, 1.165) is 10.4 Å². The third-order valence-corrected chi connectivity index (χ3v) is 5.01. The maximum absolute atomic E-state index is 13.4. The van der Waals surface area contributed by atoms with Gasteiger partial charge < -0.3 is 11.5 Å². The molecular weight excluding hydrogens is 273 g/mol. The van der Waals surface area contributed by atoms with E-state index in [9.17, 15) is 17.6 Å². The molecule has 0 saturated carbocycles. The molecule has 0 spiro atoms. The molecule has 8 heteroatoms. The van der Waals surface area contributed by atoms with Crippen LogP contribution < -0.4 is 11.5 Å². The Bertz CT molecular complexity index is 618. The van der Waals surface area contributed by atoms with Crippen LogP contribution in [0.4, 0.5) is 10.1 Å². The second kappa shape index (κ2) is 4.78. The van der Waals surface area contributed by atoms with E-state index in [2.05, 4.69) is 0 Å². The van der Waals surface area contributed by atoms with Crippen molar-refractivity contribution >= 4 is 21.6 Å². The Morgan fingerprint density at radius 2 is 2.11 bits per heavy atom. The van der Waals surface area contributed by atoms with E-state index in [1.165, 1.54) is 12.1 Å². The van der Waals surface area contributed by atoms with Crippen LogP contribution in [0.25, 0.3) is 0 Å². The number of hydrogen-bond donors (Lipinski definition) is 2. The van der Waals surface area contributed by atoms with Crippen LogP contribution in [0.2, 0.25) is 0 Å². The molecule has 1 aromatic carbocycles. The third-order valence-electron chi connectivity index (χ3n) is 3.11. The van der Waals surface area contributed by atoms with Crippen molar-refractivity contribution < 1.29 is 17.6 Å². The summed E-state index contributed by atoms with van der Waals surface area (Å²) < 4.78 is 39.0. The first-order chi connectivity index (χ1) is 8.84. The van der Waals surface area contributed by atoms with Crippen LogP contribution in [0.15, 0.2) is 23.1 Å². The first-order valence-electron chi connectivity index (χ1n) is 5.70. The van der Waals surface area contributed by atoms with E-state index in [-0.39, 0.29) is 17.1 Å². The smallest absolute Gasteiger partial charge is 0.243 e. The number of benzene rings is 1. The lowest BCUT2D eigenvalue weighted by Crippen LogP contribution is -2.43. The summed E-state index contributed by atoms with van der Waals surface area (Å²) in [5.41, 5.74) is 10.3. The Labute approximate surface area is 110 Å². The Morgan fingerprint density at radius 1 is 1.42 bits per heavy atom. The van der Waals surface area contributed by atoms with Gasteiger partial charge in [0.05, 0.1) is 10.6 Å². The fourth-order valence-corrected chi connectivity index (χ4v) is 3.79. The van der Waals surface area contributed by atoms with Gasteiger partial charge in [-0.2, -0.15) is 4.31 Å². The molecule has 19 heavy (non-hydrogen) atoms. The summed E-state index contributed by atoms with van der Waals surface area (Å²) in [4.78, 5) is 11.0. The molecule has 1 amide bonds. The summed E-state index contributed by atoms with van der Waals surface area (Å²) >= 11 is 0. The molecule has 104 valence electrons. The van der Waals surface area contributed by atoms with E-state index in [4.69, 9.17) is 11.5 Å². The SMILES string of the molecule is NC(=O)C1CCCN1S(=O)(=O)c1ccc(N)c(F)c1. The number of amides is 1. The lowest BCUT2D eigenvalue weighted by atomic mass is 10.2. The molecule has 0 aromatic heterocycles. The minimum absolute atomic E-state index is 0.133. The summed E-state index contributed by atoms with van der Waals surface area (Å²) in [6.45, 7) is 0.196. The largest absolute Gasteiger partial charge is 0.396 e. The molecule has 0 radical (unpaired) electrons. The zero-order chi connectivity index (χ0) is 14.2. The van der Waals surface area contributed by atoms with Crippen molar-refractivity contribution in [3.63, 3.8) is 0 Å². The number of carbonyl (C=O) groups excluding carboxylic acids is 1. The standard InChI is InChI=1S/C11H14FN3O3S/c12-8-6-7(3-4-9(8)13)19(17,18)15-5-1-2-10(15)11(14)16/h3-4,6,10H,1-2,5,13H2,(H2,14,16). The van der Waals surface area contributed by atoms with Gasteiger partial charge in [-0.1, -0.05) is 0 Å².